The lowest BCUT2D eigenvalue weighted by Crippen LogP contribution is -2.46. The molecular weight excluding hydrogens is 274 g/mol. The number of piperazine rings is 1. The molecule has 0 aliphatic carbocycles. The molecule has 1 fully saturated rings. The van der Waals surface area contributed by atoms with Gasteiger partial charge in [-0.2, -0.15) is 0 Å². The number of imidazole rings is 1. The van der Waals surface area contributed by atoms with Gasteiger partial charge in [-0.3, -0.25) is 4.90 Å². The van der Waals surface area contributed by atoms with Gasteiger partial charge in [0.05, 0.1) is 6.54 Å². The smallest absolute Gasteiger partial charge is 0.131 e. The zero-order chi connectivity index (χ0) is 15.4. The molecule has 0 aromatic carbocycles. The molecule has 5 nitrogen and oxygen atoms in total. The number of pyridine rings is 1. The number of hydrogen-bond acceptors (Lipinski definition) is 4. The van der Waals surface area contributed by atoms with Crippen LogP contribution in [-0.2, 0) is 13.1 Å². The van der Waals surface area contributed by atoms with E-state index in [0.717, 1.165) is 51.5 Å². The molecule has 118 valence electrons. The first-order valence-electron chi connectivity index (χ1n) is 8.17. The van der Waals surface area contributed by atoms with Gasteiger partial charge in [0.2, 0.25) is 0 Å². The van der Waals surface area contributed by atoms with E-state index in [-0.39, 0.29) is 0 Å². The van der Waals surface area contributed by atoms with Crippen molar-refractivity contribution in [2.75, 3.05) is 31.1 Å². The van der Waals surface area contributed by atoms with Gasteiger partial charge < -0.3 is 9.47 Å². The highest BCUT2D eigenvalue weighted by Crippen LogP contribution is 2.18. The maximum Gasteiger partial charge on any atom is 0.131 e. The summed E-state index contributed by atoms with van der Waals surface area (Å²) in [6.45, 7) is 10.5. The van der Waals surface area contributed by atoms with Crippen molar-refractivity contribution in [3.05, 3.63) is 42.1 Å². The Labute approximate surface area is 132 Å². The van der Waals surface area contributed by atoms with Crippen LogP contribution in [0.1, 0.15) is 24.7 Å². The third-order valence-electron chi connectivity index (χ3n) is 4.28. The molecule has 0 unspecified atom stereocenters. The summed E-state index contributed by atoms with van der Waals surface area (Å²) in [4.78, 5) is 13.9. The van der Waals surface area contributed by atoms with Crippen molar-refractivity contribution in [1.29, 1.82) is 0 Å². The quantitative estimate of drug-likeness (QED) is 0.849. The van der Waals surface area contributed by atoms with E-state index in [1.54, 1.807) is 0 Å². The average Bonchev–Trinajstić information content (AvgIpc) is 2.96. The Bertz CT molecular complexity index is 599. The lowest BCUT2D eigenvalue weighted by atomic mass is 10.2. The van der Waals surface area contributed by atoms with Crippen molar-refractivity contribution in [1.82, 2.24) is 19.4 Å². The summed E-state index contributed by atoms with van der Waals surface area (Å²) >= 11 is 0. The van der Waals surface area contributed by atoms with Crippen molar-refractivity contribution in [2.24, 2.45) is 0 Å². The van der Waals surface area contributed by atoms with Gasteiger partial charge in [0.15, 0.2) is 0 Å². The second-order valence-corrected chi connectivity index (χ2v) is 5.94. The topological polar surface area (TPSA) is 37.2 Å². The number of anilines is 1. The second-order valence-electron chi connectivity index (χ2n) is 5.94. The predicted octanol–water partition coefficient (Wildman–Crippen LogP) is 2.32. The number of aromatic nitrogens is 3. The third-order valence-corrected chi connectivity index (χ3v) is 4.28. The van der Waals surface area contributed by atoms with Crippen LogP contribution < -0.4 is 4.90 Å². The number of hydrogen-bond donors (Lipinski definition) is 0. The van der Waals surface area contributed by atoms with Crippen molar-refractivity contribution in [3.8, 4) is 0 Å². The van der Waals surface area contributed by atoms with Crippen LogP contribution in [0.25, 0.3) is 0 Å². The molecule has 5 heteroatoms. The first kappa shape index (κ1) is 15.0. The summed E-state index contributed by atoms with van der Waals surface area (Å²) in [6, 6.07) is 4.14. The summed E-state index contributed by atoms with van der Waals surface area (Å²) in [5.74, 6) is 2.32. The molecule has 1 aliphatic rings. The van der Waals surface area contributed by atoms with Crippen LogP contribution in [0.2, 0.25) is 0 Å². The Morgan fingerprint density at radius 3 is 2.64 bits per heavy atom. The second kappa shape index (κ2) is 6.92. The SMILES string of the molecule is CCCn1ccnc1CN1CCN(c2ncccc2C)CC1. The molecule has 0 bridgehead atoms. The van der Waals surface area contributed by atoms with Gasteiger partial charge in [0, 0.05) is 51.3 Å². The molecule has 0 radical (unpaired) electrons. The first-order valence-corrected chi connectivity index (χ1v) is 8.17. The highest BCUT2D eigenvalue weighted by molar-refractivity contribution is 5.46. The standard InChI is InChI=1S/C17H25N5/c1-3-8-21-9-7-18-16(21)14-20-10-12-22(13-11-20)17-15(2)5-4-6-19-17/h4-7,9H,3,8,10-14H2,1-2H3. The van der Waals surface area contributed by atoms with E-state index in [2.05, 4.69) is 50.4 Å². The van der Waals surface area contributed by atoms with Crippen LogP contribution in [0.15, 0.2) is 30.7 Å². The molecule has 0 spiro atoms. The zero-order valence-electron chi connectivity index (χ0n) is 13.6. The molecule has 0 N–H and O–H groups in total. The lowest BCUT2D eigenvalue weighted by Gasteiger charge is -2.35. The van der Waals surface area contributed by atoms with Gasteiger partial charge in [-0.1, -0.05) is 13.0 Å². The molecule has 3 rings (SSSR count). The van der Waals surface area contributed by atoms with Gasteiger partial charge in [0.1, 0.15) is 11.6 Å². The van der Waals surface area contributed by atoms with Crippen LogP contribution in [0.3, 0.4) is 0 Å². The Morgan fingerprint density at radius 2 is 1.91 bits per heavy atom. The van der Waals surface area contributed by atoms with E-state index in [0.29, 0.717) is 0 Å². The fourth-order valence-electron chi connectivity index (χ4n) is 3.06. The van der Waals surface area contributed by atoms with E-state index >= 15 is 0 Å². The maximum absolute atomic E-state index is 4.53. The zero-order valence-corrected chi connectivity index (χ0v) is 13.6. The maximum atomic E-state index is 4.53. The van der Waals surface area contributed by atoms with Crippen LogP contribution >= 0.6 is 0 Å². The van der Waals surface area contributed by atoms with Crippen molar-refractivity contribution >= 4 is 5.82 Å². The Hall–Kier alpha value is -1.88. The van der Waals surface area contributed by atoms with Crippen molar-refractivity contribution in [2.45, 2.75) is 33.4 Å². The fourth-order valence-corrected chi connectivity index (χ4v) is 3.06. The van der Waals surface area contributed by atoms with E-state index in [9.17, 15) is 0 Å². The highest BCUT2D eigenvalue weighted by atomic mass is 15.3. The summed E-state index contributed by atoms with van der Waals surface area (Å²) in [7, 11) is 0. The molecule has 0 saturated carbocycles. The monoisotopic (exact) mass is 299 g/mol. The molecule has 1 saturated heterocycles. The minimum Gasteiger partial charge on any atom is -0.354 e. The lowest BCUT2D eigenvalue weighted by molar-refractivity contribution is 0.240. The number of rotatable bonds is 5. The Kier molecular flexibility index (Phi) is 4.73. The van der Waals surface area contributed by atoms with Gasteiger partial charge in [-0.15, -0.1) is 0 Å². The largest absolute Gasteiger partial charge is 0.354 e. The average molecular weight is 299 g/mol. The molecular formula is C17H25N5. The molecule has 2 aromatic heterocycles. The molecule has 0 atom stereocenters. The van der Waals surface area contributed by atoms with E-state index in [1.165, 1.54) is 11.4 Å². The van der Waals surface area contributed by atoms with Gasteiger partial charge in [-0.25, -0.2) is 9.97 Å². The van der Waals surface area contributed by atoms with Crippen molar-refractivity contribution in [3.63, 3.8) is 0 Å². The Balaban J connectivity index is 1.58. The minimum atomic E-state index is 0.946. The third kappa shape index (κ3) is 3.30. The van der Waals surface area contributed by atoms with Crippen LogP contribution in [0, 0.1) is 6.92 Å². The summed E-state index contributed by atoms with van der Waals surface area (Å²) in [6.07, 6.45) is 7.04. The van der Waals surface area contributed by atoms with E-state index < -0.39 is 0 Å². The summed E-state index contributed by atoms with van der Waals surface area (Å²) in [5.41, 5.74) is 1.26. The van der Waals surface area contributed by atoms with Crippen LogP contribution in [0.5, 0.6) is 0 Å². The molecule has 1 aliphatic heterocycles. The molecule has 3 heterocycles. The fraction of sp³-hybridized carbons (Fsp3) is 0.529. The normalized spacial score (nSPS) is 16.2. The van der Waals surface area contributed by atoms with Crippen LogP contribution in [0.4, 0.5) is 5.82 Å². The summed E-state index contributed by atoms with van der Waals surface area (Å²) in [5, 5.41) is 0. The van der Waals surface area contributed by atoms with Crippen molar-refractivity contribution < 1.29 is 0 Å². The van der Waals surface area contributed by atoms with Gasteiger partial charge >= 0.3 is 0 Å². The highest BCUT2D eigenvalue weighted by Gasteiger charge is 2.20. The minimum absolute atomic E-state index is 0.946. The number of nitrogens with zero attached hydrogens (tertiary/aromatic N) is 5. The van der Waals surface area contributed by atoms with E-state index in [4.69, 9.17) is 0 Å². The summed E-state index contributed by atoms with van der Waals surface area (Å²) < 4.78 is 2.27. The number of aryl methyl sites for hydroxylation is 2. The van der Waals surface area contributed by atoms with Gasteiger partial charge in [0.25, 0.3) is 0 Å². The first-order chi connectivity index (χ1) is 10.8. The molecule has 0 amide bonds. The predicted molar refractivity (Wildman–Crippen MR) is 89.0 cm³/mol. The molecule has 22 heavy (non-hydrogen) atoms. The Morgan fingerprint density at radius 1 is 1.09 bits per heavy atom. The van der Waals surface area contributed by atoms with Gasteiger partial charge in [-0.05, 0) is 25.0 Å². The van der Waals surface area contributed by atoms with Crippen LogP contribution in [-0.4, -0.2) is 45.6 Å². The van der Waals surface area contributed by atoms with E-state index in [1.807, 2.05) is 18.5 Å². The molecule has 2 aromatic rings.